The number of unbranched alkanes of at least 4 members (excludes halogenated alkanes) is 1. The summed E-state index contributed by atoms with van der Waals surface area (Å²) in [5.74, 6) is 6.51. The molecular weight excluding hydrogens is 748 g/mol. The van der Waals surface area contributed by atoms with Crippen molar-refractivity contribution in [3.05, 3.63) is 47.0 Å². The number of aliphatic hydroxyl groups excluding tert-OH is 2. The van der Waals surface area contributed by atoms with Crippen LogP contribution in [0.15, 0.2) is 30.6 Å². The van der Waals surface area contributed by atoms with Crippen LogP contribution in [-0.4, -0.2) is 109 Å². The number of fused-ring (bicyclic) bond motifs is 3. The molecule has 16 nitrogen and oxygen atoms in total. The molecule has 0 radical (unpaired) electrons. The second-order valence-corrected chi connectivity index (χ2v) is 16.1. The number of aliphatic hydroxyl groups is 2. The average Bonchev–Trinajstić information content (AvgIpc) is 3.37. The molecule has 18 heteroatoms. The number of urea groups is 1. The van der Waals surface area contributed by atoms with E-state index in [2.05, 4.69) is 58.7 Å². The topological polar surface area (TPSA) is 225 Å². The summed E-state index contributed by atoms with van der Waals surface area (Å²) in [5, 5.41) is 40.5. The first kappa shape index (κ1) is 38.6. The van der Waals surface area contributed by atoms with Crippen molar-refractivity contribution in [3.8, 4) is 11.8 Å². The number of amides is 5. The van der Waals surface area contributed by atoms with Crippen LogP contribution in [0.2, 0.25) is 5.02 Å². The first-order chi connectivity index (χ1) is 26.6. The molecule has 2 aliphatic heterocycles. The van der Waals surface area contributed by atoms with E-state index in [0.717, 1.165) is 30.6 Å². The lowest BCUT2D eigenvalue weighted by molar-refractivity contribution is -0.132. The van der Waals surface area contributed by atoms with Crippen LogP contribution in [0.1, 0.15) is 62.4 Å². The van der Waals surface area contributed by atoms with Gasteiger partial charge in [-0.25, -0.2) is 19.7 Å². The van der Waals surface area contributed by atoms with Crippen LogP contribution in [0.4, 0.5) is 10.6 Å². The molecule has 8 N–H and O–H groups in total. The van der Waals surface area contributed by atoms with Crippen molar-refractivity contribution < 1.29 is 29.4 Å². The van der Waals surface area contributed by atoms with Crippen LogP contribution in [0, 0.1) is 23.2 Å². The van der Waals surface area contributed by atoms with Crippen molar-refractivity contribution in [2.24, 2.45) is 11.3 Å². The van der Waals surface area contributed by atoms with Crippen molar-refractivity contribution in [2.45, 2.75) is 87.1 Å². The van der Waals surface area contributed by atoms with Gasteiger partial charge in [-0.15, -0.1) is 0 Å². The van der Waals surface area contributed by atoms with E-state index in [-0.39, 0.29) is 60.4 Å². The van der Waals surface area contributed by atoms with Crippen LogP contribution < -0.4 is 31.9 Å². The van der Waals surface area contributed by atoms with E-state index >= 15 is 0 Å². The number of imidazole rings is 1. The minimum Gasteiger partial charge on any atom is -0.389 e. The standard InChI is InChI=1S/C37H45ClN10O6S/c1-39-35(53)37-16-22(37)30(31(51)32(37)52)48-19-43-29-33(42-17-20-7-6-8-21(38)15-20)45-25(46-34(29)48)10-3-5-12-27(50)41-14-13-40-26(49)11-4-2-9-24-28-23(18-55-24)44-36(54)47-28/h6-8,15,19,22-24,28,30-32,51-52H,2,4-5,9,11-14,16-18H2,1H3,(H,39,53)(H,40,49)(H,41,50)(H,42,45,46)(H2,44,47,54)/t22-,23?,24?,28?,30-,31+,32+,37+/m1/s1. The Labute approximate surface area is 327 Å². The average molecular weight is 793 g/mol. The van der Waals surface area contributed by atoms with Crippen LogP contribution in [0.25, 0.3) is 11.2 Å². The van der Waals surface area contributed by atoms with Crippen LogP contribution in [0.3, 0.4) is 0 Å². The zero-order valence-corrected chi connectivity index (χ0v) is 31.9. The maximum absolute atomic E-state index is 12.7. The smallest absolute Gasteiger partial charge is 0.315 e. The molecule has 4 heterocycles. The van der Waals surface area contributed by atoms with Gasteiger partial charge in [0, 0.05) is 67.9 Å². The summed E-state index contributed by atoms with van der Waals surface area (Å²) in [5.41, 5.74) is 0.649. The van der Waals surface area contributed by atoms with Gasteiger partial charge in [-0.1, -0.05) is 36.1 Å². The van der Waals surface area contributed by atoms with Crippen LogP contribution in [0.5, 0.6) is 0 Å². The fraction of sp³-hybridized carbons (Fsp3) is 0.541. The Morgan fingerprint density at radius 3 is 2.69 bits per heavy atom. The number of thioether (sulfide) groups is 1. The molecule has 2 saturated carbocycles. The van der Waals surface area contributed by atoms with Crippen molar-refractivity contribution in [1.82, 2.24) is 46.1 Å². The number of anilines is 1. The lowest BCUT2D eigenvalue weighted by atomic mass is 9.98. The number of hydrogen-bond acceptors (Lipinski definition) is 11. The highest BCUT2D eigenvalue weighted by Crippen LogP contribution is 2.67. The molecule has 0 bridgehead atoms. The van der Waals surface area contributed by atoms with E-state index in [0.29, 0.717) is 59.7 Å². The van der Waals surface area contributed by atoms with Gasteiger partial charge in [-0.3, -0.25) is 14.4 Å². The third-order valence-electron chi connectivity index (χ3n) is 10.9. The molecule has 2 saturated heterocycles. The van der Waals surface area contributed by atoms with Crippen molar-refractivity contribution in [1.29, 1.82) is 0 Å². The SMILES string of the molecule is CNC(=O)[C@@]12C[C@@H]1[C@@H](n1cnc3c(NCc4cccc(Cl)c4)nc(C#CCCC(=O)NCCNC(=O)CCCCC4SCC5NC(=O)NC54)nc31)[C@H](O)[C@@H]2O. The molecule has 3 unspecified atom stereocenters. The van der Waals surface area contributed by atoms with E-state index in [1.807, 2.05) is 30.0 Å². The van der Waals surface area contributed by atoms with Gasteiger partial charge >= 0.3 is 6.03 Å². The van der Waals surface area contributed by atoms with Crippen molar-refractivity contribution >= 4 is 64.1 Å². The molecule has 8 atom stereocenters. The summed E-state index contributed by atoms with van der Waals surface area (Å²) >= 11 is 8.05. The summed E-state index contributed by atoms with van der Waals surface area (Å²) in [6.07, 6.45) is 2.88. The highest BCUT2D eigenvalue weighted by atomic mass is 35.5. The lowest BCUT2D eigenvalue weighted by Crippen LogP contribution is -2.41. The minimum atomic E-state index is -1.24. The van der Waals surface area contributed by atoms with E-state index in [4.69, 9.17) is 11.6 Å². The van der Waals surface area contributed by atoms with Gasteiger partial charge in [0.15, 0.2) is 17.0 Å². The second-order valence-electron chi connectivity index (χ2n) is 14.4. The molecule has 7 rings (SSSR count). The van der Waals surface area contributed by atoms with Crippen LogP contribution in [-0.2, 0) is 20.9 Å². The predicted octanol–water partition coefficient (Wildman–Crippen LogP) is 1.21. The Bertz CT molecular complexity index is 2020. The maximum Gasteiger partial charge on any atom is 0.315 e. The maximum atomic E-state index is 12.7. The molecule has 2 aromatic heterocycles. The Morgan fingerprint density at radius 2 is 1.91 bits per heavy atom. The first-order valence-corrected chi connectivity index (χ1v) is 20.0. The summed E-state index contributed by atoms with van der Waals surface area (Å²) in [7, 11) is 1.51. The molecule has 4 fully saturated rings. The summed E-state index contributed by atoms with van der Waals surface area (Å²) in [4.78, 5) is 62.9. The van der Waals surface area contributed by atoms with E-state index < -0.39 is 23.7 Å². The number of rotatable bonds is 15. The predicted molar refractivity (Wildman–Crippen MR) is 206 cm³/mol. The normalized spacial score (nSPS) is 27.3. The van der Waals surface area contributed by atoms with E-state index in [1.165, 1.54) is 13.4 Å². The molecule has 1 aromatic carbocycles. The van der Waals surface area contributed by atoms with Crippen molar-refractivity contribution in [2.75, 3.05) is 31.2 Å². The quantitative estimate of drug-likeness (QED) is 0.0621. The second kappa shape index (κ2) is 16.6. The van der Waals surface area contributed by atoms with Gasteiger partial charge in [-0.05, 0) is 42.9 Å². The van der Waals surface area contributed by atoms with E-state index in [9.17, 15) is 29.4 Å². The fourth-order valence-electron chi connectivity index (χ4n) is 8.11. The Morgan fingerprint density at radius 1 is 1.11 bits per heavy atom. The molecule has 4 aliphatic rings. The number of nitrogens with zero attached hydrogens (tertiary/aromatic N) is 4. The Hall–Kier alpha value is -4.63. The van der Waals surface area contributed by atoms with Gasteiger partial charge in [0.1, 0.15) is 6.10 Å². The van der Waals surface area contributed by atoms with Gasteiger partial charge in [0.25, 0.3) is 0 Å². The molecule has 292 valence electrons. The summed E-state index contributed by atoms with van der Waals surface area (Å²) < 4.78 is 1.69. The number of benzene rings is 1. The summed E-state index contributed by atoms with van der Waals surface area (Å²) in [6, 6.07) is 7.00. The number of nitrogens with one attached hydrogen (secondary N) is 6. The Balaban J connectivity index is 0.912. The number of hydrogen-bond donors (Lipinski definition) is 8. The van der Waals surface area contributed by atoms with Gasteiger partial charge in [-0.2, -0.15) is 11.8 Å². The highest BCUT2D eigenvalue weighted by molar-refractivity contribution is 8.00. The number of carbonyl (C=O) groups excluding carboxylic acids is 4. The molecule has 0 spiro atoms. The third kappa shape index (κ3) is 8.18. The minimum absolute atomic E-state index is 0.0610. The monoisotopic (exact) mass is 792 g/mol. The largest absolute Gasteiger partial charge is 0.389 e. The van der Waals surface area contributed by atoms with Crippen molar-refractivity contribution in [3.63, 3.8) is 0 Å². The zero-order chi connectivity index (χ0) is 38.7. The Kier molecular flexibility index (Phi) is 11.7. The lowest BCUT2D eigenvalue weighted by Gasteiger charge is -2.23. The van der Waals surface area contributed by atoms with Gasteiger partial charge < -0.3 is 46.7 Å². The van der Waals surface area contributed by atoms with E-state index in [1.54, 1.807) is 10.6 Å². The number of carbonyl (C=O) groups is 4. The molecule has 3 aromatic rings. The molecular formula is C37H45ClN10O6S. The summed E-state index contributed by atoms with van der Waals surface area (Å²) in [6.45, 7) is 0.989. The van der Waals surface area contributed by atoms with Crippen LogP contribution >= 0.6 is 23.4 Å². The molecule has 5 amide bonds. The van der Waals surface area contributed by atoms with Gasteiger partial charge in [0.2, 0.25) is 23.5 Å². The fourth-order valence-corrected chi connectivity index (χ4v) is 9.86. The highest BCUT2D eigenvalue weighted by Gasteiger charge is 2.75. The first-order valence-electron chi connectivity index (χ1n) is 18.6. The third-order valence-corrected chi connectivity index (χ3v) is 12.7. The number of halogens is 1. The number of aromatic nitrogens is 4. The molecule has 2 aliphatic carbocycles. The molecule has 55 heavy (non-hydrogen) atoms. The van der Waals surface area contributed by atoms with Gasteiger partial charge in [0.05, 0.1) is 36.0 Å². The zero-order valence-electron chi connectivity index (χ0n) is 30.3.